The van der Waals surface area contributed by atoms with Crippen LogP contribution in [0.2, 0.25) is 0 Å². The van der Waals surface area contributed by atoms with Gasteiger partial charge in [0.15, 0.2) is 11.5 Å². The number of fused-ring (bicyclic) bond motifs is 1. The largest absolute Gasteiger partial charge is 0.435 e. The molecule has 134 valence electrons. The van der Waals surface area contributed by atoms with E-state index in [2.05, 4.69) is 31.4 Å². The van der Waals surface area contributed by atoms with E-state index >= 15 is 0 Å². The summed E-state index contributed by atoms with van der Waals surface area (Å²) in [7, 11) is 1.42. The highest BCUT2D eigenvalue weighted by Crippen LogP contribution is 2.37. The van der Waals surface area contributed by atoms with Crippen molar-refractivity contribution in [1.29, 1.82) is 0 Å². The van der Waals surface area contributed by atoms with Crippen molar-refractivity contribution in [2.45, 2.75) is 26.1 Å². The lowest BCUT2D eigenvalue weighted by molar-refractivity contribution is -0.140. The van der Waals surface area contributed by atoms with Gasteiger partial charge >= 0.3 is 6.18 Å². The van der Waals surface area contributed by atoms with E-state index in [4.69, 9.17) is 0 Å². The lowest BCUT2D eigenvalue weighted by Gasteiger charge is -2.02. The zero-order valence-corrected chi connectivity index (χ0v) is 15.6. The summed E-state index contributed by atoms with van der Waals surface area (Å²) in [5.74, 6) is -0.193. The molecule has 0 aromatic carbocycles. The molecule has 0 aliphatic rings. The SMILES string of the molecule is CCCn1cc(Br)c(NC(=O)c2cc3c(C(F)(F)F)nn(C)c3s2)n1. The predicted molar refractivity (Wildman–Crippen MR) is 91.8 cm³/mol. The van der Waals surface area contributed by atoms with Crippen LogP contribution in [0.1, 0.15) is 28.7 Å². The molecule has 1 N–H and O–H groups in total. The first-order valence-electron chi connectivity index (χ1n) is 7.28. The van der Waals surface area contributed by atoms with Gasteiger partial charge in [0.05, 0.1) is 9.35 Å². The van der Waals surface area contributed by atoms with Crippen molar-refractivity contribution in [3.8, 4) is 0 Å². The summed E-state index contributed by atoms with van der Waals surface area (Å²) in [6.07, 6.45) is -1.96. The Labute approximate surface area is 152 Å². The summed E-state index contributed by atoms with van der Waals surface area (Å²) in [6, 6.07) is 1.21. The molecular formula is C14H13BrF3N5OS. The molecule has 0 atom stereocenters. The third-order valence-corrected chi connectivity index (χ3v) is 5.19. The number of hydrogen-bond donors (Lipinski definition) is 1. The number of alkyl halides is 3. The van der Waals surface area contributed by atoms with Crippen molar-refractivity contribution in [3.63, 3.8) is 0 Å². The van der Waals surface area contributed by atoms with Gasteiger partial charge in [-0.15, -0.1) is 11.3 Å². The fraction of sp³-hybridized carbons (Fsp3) is 0.357. The van der Waals surface area contributed by atoms with Gasteiger partial charge in [-0.3, -0.25) is 14.2 Å². The second-order valence-electron chi connectivity index (χ2n) is 5.34. The van der Waals surface area contributed by atoms with Crippen LogP contribution in [0, 0.1) is 0 Å². The third-order valence-electron chi connectivity index (χ3n) is 3.41. The first-order chi connectivity index (χ1) is 11.7. The molecule has 3 aromatic rings. The molecule has 0 aliphatic carbocycles. The Hall–Kier alpha value is -1.88. The van der Waals surface area contributed by atoms with Crippen molar-refractivity contribution >= 4 is 49.2 Å². The van der Waals surface area contributed by atoms with Crippen molar-refractivity contribution in [3.05, 3.63) is 27.3 Å². The number of aromatic nitrogens is 4. The predicted octanol–water partition coefficient (Wildman–Crippen LogP) is 4.27. The number of hydrogen-bond acceptors (Lipinski definition) is 4. The minimum absolute atomic E-state index is 0.0827. The number of aryl methyl sites for hydroxylation is 2. The molecule has 3 aromatic heterocycles. The smallest absolute Gasteiger partial charge is 0.303 e. The normalized spacial score (nSPS) is 12.1. The lowest BCUT2D eigenvalue weighted by atomic mass is 10.3. The number of carbonyl (C=O) groups excluding carboxylic acids is 1. The first kappa shape index (κ1) is 17.9. The number of halogens is 4. The van der Waals surface area contributed by atoms with Gasteiger partial charge < -0.3 is 5.32 Å². The number of anilines is 1. The van der Waals surface area contributed by atoms with Crippen LogP contribution in [-0.2, 0) is 19.8 Å². The van der Waals surface area contributed by atoms with E-state index in [0.29, 0.717) is 16.8 Å². The Balaban J connectivity index is 1.90. The summed E-state index contributed by atoms with van der Waals surface area (Å²) >= 11 is 4.26. The molecule has 0 spiro atoms. The summed E-state index contributed by atoms with van der Waals surface area (Å²) in [4.78, 5) is 12.8. The molecule has 3 rings (SSSR count). The van der Waals surface area contributed by atoms with E-state index in [1.165, 1.54) is 13.1 Å². The molecule has 0 unspecified atom stereocenters. The molecule has 0 aliphatic heterocycles. The van der Waals surface area contributed by atoms with Gasteiger partial charge in [-0.25, -0.2) is 0 Å². The fourth-order valence-corrected chi connectivity index (χ4v) is 3.74. The number of nitrogens with zero attached hydrogens (tertiary/aromatic N) is 4. The average molecular weight is 436 g/mol. The Morgan fingerprint density at radius 2 is 2.12 bits per heavy atom. The van der Waals surface area contributed by atoms with Crippen LogP contribution in [-0.4, -0.2) is 25.5 Å². The van der Waals surface area contributed by atoms with Gasteiger partial charge in [0, 0.05) is 25.2 Å². The number of nitrogens with one attached hydrogen (secondary N) is 1. The van der Waals surface area contributed by atoms with Gasteiger partial charge in [0.25, 0.3) is 5.91 Å². The van der Waals surface area contributed by atoms with Gasteiger partial charge in [0.1, 0.15) is 4.83 Å². The number of rotatable bonds is 4. The Bertz CT molecular complexity index is 942. The highest BCUT2D eigenvalue weighted by atomic mass is 79.9. The maximum Gasteiger partial charge on any atom is 0.435 e. The lowest BCUT2D eigenvalue weighted by Crippen LogP contribution is -2.12. The van der Waals surface area contributed by atoms with Crippen molar-refractivity contribution in [2.75, 3.05) is 5.32 Å². The summed E-state index contributed by atoms with van der Waals surface area (Å²) in [5.41, 5.74) is -0.992. The zero-order valence-electron chi connectivity index (χ0n) is 13.2. The molecule has 0 radical (unpaired) electrons. The molecule has 0 bridgehead atoms. The van der Waals surface area contributed by atoms with Crippen LogP contribution < -0.4 is 5.32 Å². The van der Waals surface area contributed by atoms with Gasteiger partial charge in [-0.05, 0) is 28.4 Å². The van der Waals surface area contributed by atoms with Crippen LogP contribution in [0.25, 0.3) is 10.2 Å². The van der Waals surface area contributed by atoms with E-state index in [1.54, 1.807) is 10.9 Å². The molecule has 0 saturated heterocycles. The van der Waals surface area contributed by atoms with Gasteiger partial charge in [-0.2, -0.15) is 23.4 Å². The maximum absolute atomic E-state index is 13.0. The fourth-order valence-electron chi connectivity index (χ4n) is 2.36. The van der Waals surface area contributed by atoms with Gasteiger partial charge in [-0.1, -0.05) is 6.92 Å². The molecule has 0 fully saturated rings. The van der Waals surface area contributed by atoms with Crippen LogP contribution in [0.15, 0.2) is 16.7 Å². The molecule has 3 heterocycles. The second-order valence-corrected chi connectivity index (χ2v) is 7.23. The van der Waals surface area contributed by atoms with Crippen molar-refractivity contribution in [2.24, 2.45) is 7.05 Å². The minimum atomic E-state index is -4.57. The molecule has 11 heteroatoms. The standard InChI is InChI=1S/C14H13BrF3N5OS/c1-3-4-23-6-8(15)11(21-23)19-12(24)9-5-7-10(14(16,17)18)20-22(2)13(7)25-9/h5-6H,3-4H2,1-2H3,(H,19,21,24). The Morgan fingerprint density at radius 3 is 2.76 bits per heavy atom. The topological polar surface area (TPSA) is 64.7 Å². The first-order valence-corrected chi connectivity index (χ1v) is 8.89. The van der Waals surface area contributed by atoms with Crippen LogP contribution in [0.4, 0.5) is 19.0 Å². The summed E-state index contributed by atoms with van der Waals surface area (Å²) in [5, 5.41) is 10.2. The van der Waals surface area contributed by atoms with Crippen LogP contribution in [0.5, 0.6) is 0 Å². The van der Waals surface area contributed by atoms with Gasteiger partial charge in [0.2, 0.25) is 0 Å². The highest BCUT2D eigenvalue weighted by Gasteiger charge is 2.37. The van der Waals surface area contributed by atoms with Crippen LogP contribution in [0.3, 0.4) is 0 Å². The van der Waals surface area contributed by atoms with E-state index in [0.717, 1.165) is 22.4 Å². The molecule has 25 heavy (non-hydrogen) atoms. The van der Waals surface area contributed by atoms with Crippen molar-refractivity contribution < 1.29 is 18.0 Å². The molecular weight excluding hydrogens is 423 g/mol. The van der Waals surface area contributed by atoms with E-state index in [1.807, 2.05) is 6.92 Å². The zero-order chi connectivity index (χ0) is 18.4. The monoisotopic (exact) mass is 435 g/mol. The number of thiophene rings is 1. The molecule has 0 saturated carbocycles. The quantitative estimate of drug-likeness (QED) is 0.665. The summed E-state index contributed by atoms with van der Waals surface area (Å²) in [6.45, 7) is 2.69. The number of carbonyl (C=O) groups is 1. The highest BCUT2D eigenvalue weighted by molar-refractivity contribution is 9.10. The molecule has 1 amide bonds. The molecule has 6 nitrogen and oxygen atoms in total. The van der Waals surface area contributed by atoms with E-state index < -0.39 is 17.8 Å². The average Bonchev–Trinajstić information content (AvgIpc) is 3.15. The maximum atomic E-state index is 13.0. The van der Waals surface area contributed by atoms with Crippen molar-refractivity contribution in [1.82, 2.24) is 19.6 Å². The minimum Gasteiger partial charge on any atom is -0.303 e. The second kappa shape index (κ2) is 6.45. The Kier molecular flexibility index (Phi) is 4.62. The van der Waals surface area contributed by atoms with Crippen LogP contribution >= 0.6 is 27.3 Å². The van der Waals surface area contributed by atoms with E-state index in [9.17, 15) is 18.0 Å². The third kappa shape index (κ3) is 3.43. The summed E-state index contributed by atoms with van der Waals surface area (Å²) < 4.78 is 42.5. The Morgan fingerprint density at radius 1 is 1.40 bits per heavy atom. The number of amides is 1. The van der Waals surface area contributed by atoms with E-state index in [-0.39, 0.29) is 15.1 Å².